The molecule has 0 aromatic heterocycles. The van der Waals surface area contributed by atoms with Crippen molar-refractivity contribution in [2.45, 2.75) is 59.3 Å². The number of carbonyl (C=O) groups excluding carboxylic acids is 1. The monoisotopic (exact) mass is 260 g/mol. The van der Waals surface area contributed by atoms with Crippen molar-refractivity contribution in [2.75, 3.05) is 12.8 Å². The minimum atomic E-state index is -0.527. The molecule has 0 saturated carbocycles. The van der Waals surface area contributed by atoms with Crippen LogP contribution in [0.2, 0.25) is 0 Å². The number of hydrogen-bond donors (Lipinski definition) is 0. The molecule has 0 saturated heterocycles. The van der Waals surface area contributed by atoms with E-state index in [9.17, 15) is 9.36 Å². The fourth-order valence-corrected chi connectivity index (χ4v) is 2.79. The third kappa shape index (κ3) is 5.63. The average Bonchev–Trinajstić information content (AvgIpc) is 2.30. The van der Waals surface area contributed by atoms with Gasteiger partial charge in [0, 0.05) is 6.16 Å². The normalized spacial score (nSPS) is 11.7. The predicted molar refractivity (Wildman–Crippen MR) is 70.6 cm³/mol. The first-order valence-electron chi connectivity index (χ1n) is 6.63. The van der Waals surface area contributed by atoms with Gasteiger partial charge in [-0.3, -0.25) is 9.36 Å². The molecule has 0 bridgehead atoms. The third-order valence-electron chi connectivity index (χ3n) is 2.99. The van der Waals surface area contributed by atoms with Crippen LogP contribution in [0.1, 0.15) is 59.3 Å². The van der Waals surface area contributed by atoms with Crippen LogP contribution in [0.15, 0.2) is 0 Å². The number of esters is 1. The Kier molecular flexibility index (Phi) is 9.34. The van der Waals surface area contributed by atoms with Crippen molar-refractivity contribution in [3.63, 3.8) is 0 Å². The lowest BCUT2D eigenvalue weighted by Crippen LogP contribution is -2.35. The smallest absolute Gasteiger partial charge is 0.312 e. The van der Waals surface area contributed by atoms with E-state index in [1.54, 1.807) is 0 Å². The first-order valence-corrected chi connectivity index (χ1v) is 7.63. The van der Waals surface area contributed by atoms with E-state index in [4.69, 9.17) is 4.74 Å². The maximum absolute atomic E-state index is 12.1. The van der Waals surface area contributed by atoms with Crippen LogP contribution in [0.4, 0.5) is 0 Å². The fourth-order valence-electron chi connectivity index (χ4n) is 2.09. The summed E-state index contributed by atoms with van der Waals surface area (Å²) >= 11 is 0. The highest BCUT2D eigenvalue weighted by molar-refractivity contribution is 7.23. The first kappa shape index (κ1) is 16.6. The Bertz CT molecular complexity index is 223. The van der Waals surface area contributed by atoms with Gasteiger partial charge in [-0.25, -0.2) is 0 Å². The molecule has 0 aromatic carbocycles. The van der Waals surface area contributed by atoms with Crippen LogP contribution in [0.3, 0.4) is 0 Å². The van der Waals surface area contributed by atoms with Crippen molar-refractivity contribution in [2.24, 2.45) is 5.41 Å². The largest absolute Gasteiger partial charge is 0.465 e. The summed E-state index contributed by atoms with van der Waals surface area (Å²) in [5, 5.41) is 0. The van der Waals surface area contributed by atoms with Crippen LogP contribution in [0.5, 0.6) is 0 Å². The Morgan fingerprint density at radius 3 is 2.12 bits per heavy atom. The van der Waals surface area contributed by atoms with Crippen LogP contribution in [-0.2, 0) is 14.1 Å². The molecule has 0 aromatic rings. The van der Waals surface area contributed by atoms with E-state index in [1.165, 1.54) is 0 Å². The van der Waals surface area contributed by atoms with Crippen LogP contribution in [-0.4, -0.2) is 18.7 Å². The molecule has 0 amide bonds. The highest BCUT2D eigenvalue weighted by Gasteiger charge is 2.38. The fraction of sp³-hybridized carbons (Fsp3) is 0.923. The molecular weight excluding hydrogens is 235 g/mol. The van der Waals surface area contributed by atoms with Gasteiger partial charge in [0.25, 0.3) is 0 Å². The molecule has 0 aliphatic carbocycles. The van der Waals surface area contributed by atoms with Gasteiger partial charge in [-0.05, 0) is 19.3 Å². The number of carbonyl (C=O) groups is 1. The second kappa shape index (κ2) is 9.58. The van der Waals surface area contributed by atoms with Gasteiger partial charge in [-0.2, -0.15) is 0 Å². The van der Waals surface area contributed by atoms with Gasteiger partial charge in [-0.15, -0.1) is 0 Å². The van der Waals surface area contributed by atoms with Gasteiger partial charge in [0.2, 0.25) is 0 Å². The summed E-state index contributed by atoms with van der Waals surface area (Å²) in [6.45, 7) is 6.65. The standard InChI is InChI=1S/C13H25O3P/c1-4-7-10-16-12(14)13(8-5-2,9-6-3)11-17-15/h4-11H2,1-3H3. The molecule has 3 nitrogen and oxygen atoms in total. The minimum absolute atomic E-state index is 0.0407. The lowest BCUT2D eigenvalue weighted by molar-refractivity contribution is -0.155. The summed E-state index contributed by atoms with van der Waals surface area (Å²) in [5.74, 6) is -0.155. The number of ether oxygens (including phenoxy) is 1. The Balaban J connectivity index is 4.59. The van der Waals surface area contributed by atoms with Crippen molar-refractivity contribution in [1.82, 2.24) is 0 Å². The topological polar surface area (TPSA) is 43.4 Å². The molecule has 0 rings (SSSR count). The van der Waals surface area contributed by atoms with Crippen LogP contribution >= 0.6 is 8.46 Å². The molecule has 17 heavy (non-hydrogen) atoms. The summed E-state index contributed by atoms with van der Waals surface area (Å²) in [5.41, 5.74) is -0.527. The van der Waals surface area contributed by atoms with E-state index in [1.807, 2.05) is 13.8 Å². The van der Waals surface area contributed by atoms with Gasteiger partial charge in [0.15, 0.2) is 8.46 Å². The lowest BCUT2D eigenvalue weighted by Gasteiger charge is -2.28. The number of hydrogen-bond acceptors (Lipinski definition) is 3. The van der Waals surface area contributed by atoms with Crippen molar-refractivity contribution >= 4 is 14.4 Å². The Morgan fingerprint density at radius 2 is 1.71 bits per heavy atom. The molecule has 0 fully saturated rings. The second-order valence-electron chi connectivity index (χ2n) is 4.56. The maximum Gasteiger partial charge on any atom is 0.312 e. The van der Waals surface area contributed by atoms with Gasteiger partial charge in [-0.1, -0.05) is 40.0 Å². The Hall–Kier alpha value is -0.430. The zero-order valence-electron chi connectivity index (χ0n) is 11.3. The Labute approximate surface area is 107 Å². The molecule has 0 spiro atoms. The van der Waals surface area contributed by atoms with E-state index in [2.05, 4.69) is 6.92 Å². The van der Waals surface area contributed by atoms with E-state index in [0.29, 0.717) is 12.8 Å². The quantitative estimate of drug-likeness (QED) is 0.336. The molecule has 4 heteroatoms. The van der Waals surface area contributed by atoms with Crippen LogP contribution < -0.4 is 0 Å². The molecule has 0 atom stereocenters. The lowest BCUT2D eigenvalue weighted by atomic mass is 9.81. The zero-order valence-corrected chi connectivity index (χ0v) is 12.2. The van der Waals surface area contributed by atoms with E-state index in [-0.39, 0.29) is 14.4 Å². The highest BCUT2D eigenvalue weighted by atomic mass is 31.1. The second-order valence-corrected chi connectivity index (χ2v) is 5.13. The average molecular weight is 260 g/mol. The first-order chi connectivity index (χ1) is 8.16. The predicted octanol–water partition coefficient (Wildman–Crippen LogP) is 4.21. The van der Waals surface area contributed by atoms with Crippen LogP contribution in [0.25, 0.3) is 0 Å². The van der Waals surface area contributed by atoms with Crippen molar-refractivity contribution in [3.8, 4) is 0 Å². The maximum atomic E-state index is 12.1. The molecule has 0 aliphatic rings. The van der Waals surface area contributed by atoms with Gasteiger partial charge in [0.05, 0.1) is 12.0 Å². The third-order valence-corrected chi connectivity index (χ3v) is 3.72. The molecule has 0 N–H and O–H groups in total. The Morgan fingerprint density at radius 1 is 1.12 bits per heavy atom. The van der Waals surface area contributed by atoms with Crippen molar-refractivity contribution in [3.05, 3.63) is 0 Å². The van der Waals surface area contributed by atoms with E-state index >= 15 is 0 Å². The number of rotatable bonds is 10. The molecule has 100 valence electrons. The van der Waals surface area contributed by atoms with Gasteiger partial charge in [0.1, 0.15) is 0 Å². The minimum Gasteiger partial charge on any atom is -0.465 e. The van der Waals surface area contributed by atoms with Crippen molar-refractivity contribution in [1.29, 1.82) is 0 Å². The zero-order chi connectivity index (χ0) is 13.1. The van der Waals surface area contributed by atoms with Crippen molar-refractivity contribution < 1.29 is 14.1 Å². The van der Waals surface area contributed by atoms with Gasteiger partial charge >= 0.3 is 5.97 Å². The molecular formula is C13H25O3P. The summed E-state index contributed by atoms with van der Waals surface area (Å²) in [6.07, 6.45) is 5.66. The SMILES string of the molecule is CCCCOC(=O)C(CCC)(CCC)CP=O. The molecule has 0 unspecified atom stereocenters. The molecule has 0 heterocycles. The van der Waals surface area contributed by atoms with E-state index in [0.717, 1.165) is 38.5 Å². The van der Waals surface area contributed by atoms with Gasteiger partial charge < -0.3 is 4.74 Å². The summed E-state index contributed by atoms with van der Waals surface area (Å²) in [6, 6.07) is 0. The number of unbranched alkanes of at least 4 members (excludes halogenated alkanes) is 1. The van der Waals surface area contributed by atoms with Crippen LogP contribution in [0, 0.1) is 5.41 Å². The summed E-state index contributed by atoms with van der Waals surface area (Å²) in [4.78, 5) is 12.1. The van der Waals surface area contributed by atoms with E-state index < -0.39 is 5.41 Å². The molecule has 0 radical (unpaired) electrons. The summed E-state index contributed by atoms with van der Waals surface area (Å²) < 4.78 is 16.2. The molecule has 0 aliphatic heterocycles. The highest BCUT2D eigenvalue weighted by Crippen LogP contribution is 2.34. The summed E-state index contributed by atoms with van der Waals surface area (Å²) in [7, 11) is 0.0407.